The van der Waals surface area contributed by atoms with Crippen LogP contribution in [0, 0.1) is 6.92 Å². The Morgan fingerprint density at radius 3 is 2.69 bits per heavy atom. The zero-order valence-corrected chi connectivity index (χ0v) is 10.9. The van der Waals surface area contributed by atoms with Crippen LogP contribution in [0.3, 0.4) is 0 Å². The first-order valence-corrected chi connectivity index (χ1v) is 7.58. The fraction of sp³-hybridized carbons (Fsp3) is 0.556. The third-order valence-corrected chi connectivity index (χ3v) is 3.79. The van der Waals surface area contributed by atoms with Crippen molar-refractivity contribution in [2.75, 3.05) is 11.5 Å². The molecular formula is C9H15N3O2S2. The SMILES string of the molecule is CCc1cc(SCCS(N)(=O)=O)nc(C)n1. The van der Waals surface area contributed by atoms with E-state index in [2.05, 4.69) is 9.97 Å². The average Bonchev–Trinajstić information content (AvgIpc) is 2.14. The van der Waals surface area contributed by atoms with Crippen LogP contribution in [0.25, 0.3) is 0 Å². The number of nitrogens with two attached hydrogens (primary N) is 1. The maximum Gasteiger partial charge on any atom is 0.209 e. The molecular weight excluding hydrogens is 246 g/mol. The molecule has 1 rings (SSSR count). The van der Waals surface area contributed by atoms with Gasteiger partial charge in [-0.3, -0.25) is 0 Å². The van der Waals surface area contributed by atoms with Crippen LogP contribution >= 0.6 is 11.8 Å². The molecule has 0 aliphatic rings. The van der Waals surface area contributed by atoms with Crippen molar-refractivity contribution in [2.24, 2.45) is 5.14 Å². The van der Waals surface area contributed by atoms with Gasteiger partial charge < -0.3 is 0 Å². The first-order valence-electron chi connectivity index (χ1n) is 4.88. The molecule has 0 aliphatic carbocycles. The Hall–Kier alpha value is -0.660. The number of hydrogen-bond donors (Lipinski definition) is 1. The van der Waals surface area contributed by atoms with E-state index in [0.717, 1.165) is 17.1 Å². The van der Waals surface area contributed by atoms with Gasteiger partial charge in [-0.2, -0.15) is 0 Å². The van der Waals surface area contributed by atoms with Crippen LogP contribution in [0.4, 0.5) is 0 Å². The minimum atomic E-state index is -3.38. The van der Waals surface area contributed by atoms with E-state index in [0.29, 0.717) is 11.6 Å². The van der Waals surface area contributed by atoms with Gasteiger partial charge in [0, 0.05) is 11.4 Å². The first kappa shape index (κ1) is 13.4. The van der Waals surface area contributed by atoms with Crippen molar-refractivity contribution in [1.82, 2.24) is 9.97 Å². The lowest BCUT2D eigenvalue weighted by Crippen LogP contribution is -2.17. The second-order valence-electron chi connectivity index (χ2n) is 3.31. The lowest BCUT2D eigenvalue weighted by atomic mass is 10.3. The Kier molecular flexibility index (Phi) is 4.69. The van der Waals surface area contributed by atoms with Crippen LogP contribution in [0.5, 0.6) is 0 Å². The van der Waals surface area contributed by atoms with Gasteiger partial charge in [0.15, 0.2) is 0 Å². The van der Waals surface area contributed by atoms with Crippen molar-refractivity contribution < 1.29 is 8.42 Å². The molecule has 0 amide bonds. The second kappa shape index (κ2) is 5.60. The van der Waals surface area contributed by atoms with Crippen molar-refractivity contribution >= 4 is 21.8 Å². The summed E-state index contributed by atoms with van der Waals surface area (Å²) in [4.78, 5) is 8.46. The number of thioether (sulfide) groups is 1. The van der Waals surface area contributed by atoms with Gasteiger partial charge in [0.2, 0.25) is 10.0 Å². The molecule has 0 fully saturated rings. The lowest BCUT2D eigenvalue weighted by Gasteiger charge is -2.03. The first-order chi connectivity index (χ1) is 7.40. The van der Waals surface area contributed by atoms with E-state index in [1.54, 1.807) is 0 Å². The lowest BCUT2D eigenvalue weighted by molar-refractivity contribution is 0.599. The minimum absolute atomic E-state index is 0.0395. The fourth-order valence-electron chi connectivity index (χ4n) is 1.12. The van der Waals surface area contributed by atoms with Crippen molar-refractivity contribution in [3.8, 4) is 0 Å². The Labute approximate surface area is 99.9 Å². The molecule has 7 heteroatoms. The van der Waals surface area contributed by atoms with E-state index in [1.807, 2.05) is 19.9 Å². The molecule has 5 nitrogen and oxygen atoms in total. The highest BCUT2D eigenvalue weighted by Gasteiger charge is 2.05. The molecule has 1 aromatic rings. The van der Waals surface area contributed by atoms with Gasteiger partial charge >= 0.3 is 0 Å². The summed E-state index contributed by atoms with van der Waals surface area (Å²) in [6, 6.07) is 1.88. The Bertz CT molecular complexity index is 460. The summed E-state index contributed by atoms with van der Waals surface area (Å²) in [5, 5.41) is 5.71. The molecule has 0 aliphatic heterocycles. The Morgan fingerprint density at radius 1 is 1.44 bits per heavy atom. The molecule has 16 heavy (non-hydrogen) atoms. The van der Waals surface area contributed by atoms with Crippen LogP contribution in [0.2, 0.25) is 0 Å². The van der Waals surface area contributed by atoms with Crippen molar-refractivity contribution in [3.63, 3.8) is 0 Å². The highest BCUT2D eigenvalue weighted by molar-refractivity contribution is 8.00. The maximum absolute atomic E-state index is 10.7. The molecule has 0 unspecified atom stereocenters. The summed E-state index contributed by atoms with van der Waals surface area (Å²) in [5.74, 6) is 1.08. The van der Waals surface area contributed by atoms with Gasteiger partial charge in [0.1, 0.15) is 5.82 Å². The molecule has 0 spiro atoms. The van der Waals surface area contributed by atoms with Crippen molar-refractivity contribution in [3.05, 3.63) is 17.6 Å². The van der Waals surface area contributed by atoms with E-state index >= 15 is 0 Å². The van der Waals surface area contributed by atoms with Gasteiger partial charge in [0.05, 0.1) is 10.8 Å². The second-order valence-corrected chi connectivity index (χ2v) is 6.16. The molecule has 90 valence electrons. The number of rotatable bonds is 5. The number of hydrogen-bond acceptors (Lipinski definition) is 5. The summed E-state index contributed by atoms with van der Waals surface area (Å²) < 4.78 is 21.5. The highest BCUT2D eigenvalue weighted by atomic mass is 32.2. The van der Waals surface area contributed by atoms with Crippen LogP contribution in [0.15, 0.2) is 11.1 Å². The molecule has 0 saturated carbocycles. The number of aromatic nitrogens is 2. The maximum atomic E-state index is 10.7. The predicted octanol–water partition coefficient (Wildman–Crippen LogP) is 0.728. The molecule has 0 aromatic carbocycles. The van der Waals surface area contributed by atoms with Crippen molar-refractivity contribution in [1.29, 1.82) is 0 Å². The highest BCUT2D eigenvalue weighted by Crippen LogP contribution is 2.16. The Balaban J connectivity index is 2.63. The summed E-state index contributed by atoms with van der Waals surface area (Å²) in [5.41, 5.74) is 0.964. The summed E-state index contributed by atoms with van der Waals surface area (Å²) in [7, 11) is -3.38. The molecule has 1 aromatic heterocycles. The minimum Gasteiger partial charge on any atom is -0.238 e. The molecule has 1 heterocycles. The standard InChI is InChI=1S/C9H15N3O2S2/c1-3-8-6-9(12-7(2)11-8)15-4-5-16(10,13)14/h6H,3-5H2,1-2H3,(H2,10,13,14). The Morgan fingerprint density at radius 2 is 2.12 bits per heavy atom. The molecule has 0 bridgehead atoms. The van der Waals surface area contributed by atoms with E-state index in [1.165, 1.54) is 11.8 Å². The van der Waals surface area contributed by atoms with Crippen molar-refractivity contribution in [2.45, 2.75) is 25.3 Å². The molecule has 0 saturated heterocycles. The van der Waals surface area contributed by atoms with E-state index in [-0.39, 0.29) is 5.75 Å². The van der Waals surface area contributed by atoms with E-state index in [9.17, 15) is 8.42 Å². The topological polar surface area (TPSA) is 85.9 Å². The number of primary sulfonamides is 1. The van der Waals surface area contributed by atoms with Crippen LogP contribution in [-0.2, 0) is 16.4 Å². The van der Waals surface area contributed by atoms with Crippen LogP contribution < -0.4 is 5.14 Å². The zero-order chi connectivity index (χ0) is 12.2. The van der Waals surface area contributed by atoms with Gasteiger partial charge in [-0.15, -0.1) is 11.8 Å². The predicted molar refractivity (Wildman–Crippen MR) is 64.8 cm³/mol. The summed E-state index contributed by atoms with van der Waals surface area (Å²) in [6.07, 6.45) is 0.839. The summed E-state index contributed by atoms with van der Waals surface area (Å²) in [6.45, 7) is 3.84. The third-order valence-electron chi connectivity index (χ3n) is 1.85. The van der Waals surface area contributed by atoms with Crippen LogP contribution in [0.1, 0.15) is 18.4 Å². The van der Waals surface area contributed by atoms with Crippen LogP contribution in [-0.4, -0.2) is 29.9 Å². The molecule has 2 N–H and O–H groups in total. The van der Waals surface area contributed by atoms with Gasteiger partial charge in [-0.05, 0) is 19.4 Å². The largest absolute Gasteiger partial charge is 0.238 e. The number of aryl methyl sites for hydroxylation is 2. The fourth-order valence-corrected chi connectivity index (χ4v) is 3.00. The quantitative estimate of drug-likeness (QED) is 0.623. The normalized spacial score (nSPS) is 11.7. The number of sulfonamides is 1. The zero-order valence-electron chi connectivity index (χ0n) is 9.30. The van der Waals surface area contributed by atoms with E-state index < -0.39 is 10.0 Å². The average molecular weight is 261 g/mol. The molecule has 0 radical (unpaired) electrons. The number of nitrogens with zero attached hydrogens (tertiary/aromatic N) is 2. The van der Waals surface area contributed by atoms with Gasteiger partial charge in [0.25, 0.3) is 0 Å². The molecule has 0 atom stereocenters. The van der Waals surface area contributed by atoms with Gasteiger partial charge in [-0.25, -0.2) is 23.5 Å². The third kappa shape index (κ3) is 4.91. The summed E-state index contributed by atoms with van der Waals surface area (Å²) >= 11 is 1.38. The monoisotopic (exact) mass is 261 g/mol. The smallest absolute Gasteiger partial charge is 0.209 e. The van der Waals surface area contributed by atoms with Gasteiger partial charge in [-0.1, -0.05) is 6.92 Å². The van der Waals surface area contributed by atoms with E-state index in [4.69, 9.17) is 5.14 Å².